The Bertz CT molecular complexity index is 303. The van der Waals surface area contributed by atoms with Gasteiger partial charge in [0.15, 0.2) is 0 Å². The van der Waals surface area contributed by atoms with E-state index in [4.69, 9.17) is 5.11 Å². The van der Waals surface area contributed by atoms with Gasteiger partial charge in [-0.3, -0.25) is 0 Å². The van der Waals surface area contributed by atoms with E-state index in [1.165, 1.54) is 11.1 Å². The second-order valence-corrected chi connectivity index (χ2v) is 2.96. The van der Waals surface area contributed by atoms with E-state index in [2.05, 4.69) is 30.4 Å². The minimum atomic E-state index is 0.114. The van der Waals surface area contributed by atoms with Crippen LogP contribution in [0, 0.1) is 6.08 Å². The normalized spacial score (nSPS) is 20.9. The van der Waals surface area contributed by atoms with Gasteiger partial charge >= 0.3 is 0 Å². The maximum atomic E-state index is 9.01. The number of aliphatic hydroxyl groups excluding tert-OH is 1. The molecule has 0 spiro atoms. The molecule has 2 aliphatic carbocycles. The van der Waals surface area contributed by atoms with Crippen LogP contribution >= 0.6 is 0 Å². The van der Waals surface area contributed by atoms with Gasteiger partial charge in [-0.15, -0.1) is 0 Å². The Labute approximate surface area is 72.4 Å². The lowest BCUT2D eigenvalue weighted by Crippen LogP contribution is -1.94. The van der Waals surface area contributed by atoms with E-state index < -0.39 is 0 Å². The van der Waals surface area contributed by atoms with Gasteiger partial charge in [-0.05, 0) is 35.6 Å². The molecule has 1 heteroatoms. The molecule has 0 saturated heterocycles. The number of aliphatic hydroxyl groups is 1. The summed E-state index contributed by atoms with van der Waals surface area (Å²) in [6, 6.07) is 0. The molecule has 0 aliphatic heterocycles. The van der Waals surface area contributed by atoms with Crippen molar-refractivity contribution < 1.29 is 5.11 Å². The predicted octanol–water partition coefficient (Wildman–Crippen LogP) is 1.92. The van der Waals surface area contributed by atoms with Crippen molar-refractivity contribution in [1.82, 2.24) is 0 Å². The first-order valence-electron chi connectivity index (χ1n) is 4.19. The van der Waals surface area contributed by atoms with Crippen molar-refractivity contribution in [2.75, 3.05) is 6.61 Å². The fourth-order valence-electron chi connectivity index (χ4n) is 1.61. The molecular formula is C11H11O. The van der Waals surface area contributed by atoms with Crippen LogP contribution in [0.15, 0.2) is 41.0 Å². The van der Waals surface area contributed by atoms with Gasteiger partial charge in [0.25, 0.3) is 0 Å². The van der Waals surface area contributed by atoms with Crippen LogP contribution < -0.4 is 0 Å². The van der Waals surface area contributed by atoms with Crippen LogP contribution in [0.2, 0.25) is 0 Å². The average molecular weight is 159 g/mol. The van der Waals surface area contributed by atoms with Crippen molar-refractivity contribution in [3.05, 3.63) is 47.1 Å². The molecule has 0 saturated carbocycles. The molecule has 0 bridgehead atoms. The Kier molecular flexibility index (Phi) is 1.96. The Morgan fingerprint density at radius 1 is 1.50 bits per heavy atom. The molecule has 0 fully saturated rings. The Balaban J connectivity index is 2.20. The first-order chi connectivity index (χ1) is 5.92. The fraction of sp³-hybridized carbons (Fsp3) is 0.273. The summed E-state index contributed by atoms with van der Waals surface area (Å²) in [5.41, 5.74) is 3.47. The highest BCUT2D eigenvalue weighted by Crippen LogP contribution is 2.29. The third-order valence-electron chi connectivity index (χ3n) is 2.22. The molecule has 1 nitrogen and oxygen atoms in total. The second-order valence-electron chi connectivity index (χ2n) is 2.96. The van der Waals surface area contributed by atoms with E-state index in [-0.39, 0.29) is 6.61 Å². The molecule has 0 unspecified atom stereocenters. The molecule has 0 aromatic heterocycles. The molecule has 1 radical (unpaired) electrons. The first kappa shape index (κ1) is 7.56. The standard InChI is InChI=1S/C11H11O/c12-8-10-6-3-7-11(10)9-4-1-2-5-9/h1-2,4,7,12H,3,5,8H2. The minimum Gasteiger partial charge on any atom is -0.392 e. The third kappa shape index (κ3) is 1.16. The lowest BCUT2D eigenvalue weighted by atomic mass is 10.0. The lowest BCUT2D eigenvalue weighted by molar-refractivity contribution is 0.333. The third-order valence-corrected chi connectivity index (χ3v) is 2.22. The summed E-state index contributed by atoms with van der Waals surface area (Å²) in [5, 5.41) is 9.01. The predicted molar refractivity (Wildman–Crippen MR) is 48.4 cm³/mol. The van der Waals surface area contributed by atoms with Crippen molar-refractivity contribution in [2.24, 2.45) is 0 Å². The average Bonchev–Trinajstić information content (AvgIpc) is 2.74. The molecule has 61 valence electrons. The van der Waals surface area contributed by atoms with Crippen molar-refractivity contribution in [3.63, 3.8) is 0 Å². The first-order valence-corrected chi connectivity index (χ1v) is 4.19. The highest BCUT2D eigenvalue weighted by molar-refractivity contribution is 5.52. The van der Waals surface area contributed by atoms with Gasteiger partial charge in [0.05, 0.1) is 6.61 Å². The van der Waals surface area contributed by atoms with Crippen molar-refractivity contribution in [1.29, 1.82) is 0 Å². The van der Waals surface area contributed by atoms with Gasteiger partial charge in [0.1, 0.15) is 0 Å². The Hall–Kier alpha value is -1.08. The zero-order valence-electron chi connectivity index (χ0n) is 6.88. The van der Waals surface area contributed by atoms with Gasteiger partial charge < -0.3 is 5.11 Å². The number of hydrogen-bond donors (Lipinski definition) is 1. The van der Waals surface area contributed by atoms with E-state index in [9.17, 15) is 0 Å². The molecule has 12 heavy (non-hydrogen) atoms. The summed E-state index contributed by atoms with van der Waals surface area (Å²) in [6.07, 6.45) is 13.4. The molecule has 1 N–H and O–H groups in total. The van der Waals surface area contributed by atoms with Crippen molar-refractivity contribution >= 4 is 0 Å². The van der Waals surface area contributed by atoms with E-state index in [1.807, 2.05) is 0 Å². The van der Waals surface area contributed by atoms with E-state index in [0.29, 0.717) is 0 Å². The fourth-order valence-corrected chi connectivity index (χ4v) is 1.61. The monoisotopic (exact) mass is 159 g/mol. The molecule has 0 amide bonds. The zero-order chi connectivity index (χ0) is 8.39. The van der Waals surface area contributed by atoms with Crippen molar-refractivity contribution in [2.45, 2.75) is 12.8 Å². The summed E-state index contributed by atoms with van der Waals surface area (Å²) >= 11 is 0. The molecule has 0 aromatic rings. The molecular weight excluding hydrogens is 148 g/mol. The van der Waals surface area contributed by atoms with E-state index >= 15 is 0 Å². The van der Waals surface area contributed by atoms with E-state index in [1.54, 1.807) is 0 Å². The summed E-state index contributed by atoms with van der Waals surface area (Å²) < 4.78 is 0. The molecule has 0 aromatic carbocycles. The smallest absolute Gasteiger partial charge is 0.0690 e. The summed E-state index contributed by atoms with van der Waals surface area (Å²) in [6.45, 7) is 0.114. The summed E-state index contributed by atoms with van der Waals surface area (Å²) in [4.78, 5) is 0. The molecule has 0 atom stereocenters. The number of allylic oxidation sites excluding steroid dienone is 6. The summed E-state index contributed by atoms with van der Waals surface area (Å²) in [5.74, 6) is 0. The zero-order valence-corrected chi connectivity index (χ0v) is 6.88. The lowest BCUT2D eigenvalue weighted by Gasteiger charge is -2.05. The number of hydrogen-bond acceptors (Lipinski definition) is 1. The van der Waals surface area contributed by atoms with Crippen molar-refractivity contribution in [3.8, 4) is 0 Å². The number of rotatable bonds is 2. The van der Waals surface area contributed by atoms with Crippen LogP contribution in [0.3, 0.4) is 0 Å². The second kappa shape index (κ2) is 3.11. The maximum Gasteiger partial charge on any atom is 0.0690 e. The van der Waals surface area contributed by atoms with Gasteiger partial charge in [-0.25, -0.2) is 0 Å². The largest absolute Gasteiger partial charge is 0.392 e. The SMILES string of the molecule is OCC1=[C]CC=C1C1=CC=CC1. The summed E-state index contributed by atoms with van der Waals surface area (Å²) in [7, 11) is 0. The van der Waals surface area contributed by atoms with Crippen LogP contribution in [0.1, 0.15) is 12.8 Å². The van der Waals surface area contributed by atoms with Crippen LogP contribution in [0.5, 0.6) is 0 Å². The quantitative estimate of drug-likeness (QED) is 0.652. The van der Waals surface area contributed by atoms with Gasteiger partial charge in [0, 0.05) is 0 Å². The van der Waals surface area contributed by atoms with E-state index in [0.717, 1.165) is 18.4 Å². The maximum absolute atomic E-state index is 9.01. The van der Waals surface area contributed by atoms with Gasteiger partial charge in [-0.1, -0.05) is 24.3 Å². The Morgan fingerprint density at radius 2 is 2.42 bits per heavy atom. The highest BCUT2D eigenvalue weighted by atomic mass is 16.3. The van der Waals surface area contributed by atoms with Crippen LogP contribution in [-0.4, -0.2) is 11.7 Å². The van der Waals surface area contributed by atoms with Crippen LogP contribution in [0.4, 0.5) is 0 Å². The Morgan fingerprint density at radius 3 is 3.08 bits per heavy atom. The van der Waals surface area contributed by atoms with Crippen LogP contribution in [0.25, 0.3) is 0 Å². The molecule has 2 rings (SSSR count). The minimum absolute atomic E-state index is 0.114. The van der Waals surface area contributed by atoms with Gasteiger partial charge in [-0.2, -0.15) is 0 Å². The molecule has 0 heterocycles. The molecule has 2 aliphatic rings. The highest BCUT2D eigenvalue weighted by Gasteiger charge is 2.13. The van der Waals surface area contributed by atoms with Gasteiger partial charge in [0.2, 0.25) is 0 Å². The van der Waals surface area contributed by atoms with Crippen LogP contribution in [-0.2, 0) is 0 Å². The topological polar surface area (TPSA) is 20.2 Å².